The van der Waals surface area contributed by atoms with Crippen LogP contribution in [-0.4, -0.2) is 44.4 Å². The van der Waals surface area contributed by atoms with Crippen molar-refractivity contribution in [2.24, 2.45) is 0 Å². The Morgan fingerprint density at radius 2 is 1.80 bits per heavy atom. The predicted octanol–water partition coefficient (Wildman–Crippen LogP) is 2.51. The molecule has 156 valence electrons. The van der Waals surface area contributed by atoms with E-state index in [1.165, 1.54) is 28.6 Å². The number of carbonyl (C=O) groups excluding carboxylic acids is 1. The van der Waals surface area contributed by atoms with Gasteiger partial charge in [-0.3, -0.25) is 4.79 Å². The minimum atomic E-state index is -3.85. The highest BCUT2D eigenvalue weighted by Crippen LogP contribution is 2.34. The van der Waals surface area contributed by atoms with Gasteiger partial charge in [-0.2, -0.15) is 9.57 Å². The van der Waals surface area contributed by atoms with Gasteiger partial charge in [-0.1, -0.05) is 0 Å². The third-order valence-electron chi connectivity index (χ3n) is 4.87. The average molecular weight is 427 g/mol. The van der Waals surface area contributed by atoms with Crippen molar-refractivity contribution in [1.82, 2.24) is 4.31 Å². The molecule has 1 aliphatic carbocycles. The largest absolute Gasteiger partial charge is 0.490 e. The molecule has 1 heterocycles. The lowest BCUT2D eigenvalue weighted by Gasteiger charge is -2.21. The lowest BCUT2D eigenvalue weighted by molar-refractivity contribution is -0.116. The van der Waals surface area contributed by atoms with Crippen LogP contribution in [0.25, 0.3) is 0 Å². The van der Waals surface area contributed by atoms with Gasteiger partial charge < -0.3 is 14.8 Å². The molecule has 0 aromatic heterocycles. The van der Waals surface area contributed by atoms with Crippen molar-refractivity contribution >= 4 is 21.6 Å². The van der Waals surface area contributed by atoms with Gasteiger partial charge in [0, 0.05) is 24.2 Å². The number of hydrogen-bond acceptors (Lipinski definition) is 6. The van der Waals surface area contributed by atoms with Gasteiger partial charge in [-0.25, -0.2) is 8.42 Å². The summed E-state index contributed by atoms with van der Waals surface area (Å²) in [6.45, 7) is 0.812. The predicted molar refractivity (Wildman–Crippen MR) is 109 cm³/mol. The number of anilines is 1. The van der Waals surface area contributed by atoms with Crippen molar-refractivity contribution < 1.29 is 22.7 Å². The maximum absolute atomic E-state index is 13.1. The molecule has 0 atom stereocenters. The van der Waals surface area contributed by atoms with Gasteiger partial charge in [0.15, 0.2) is 11.5 Å². The van der Waals surface area contributed by atoms with Crippen molar-refractivity contribution in [3.63, 3.8) is 0 Å². The van der Waals surface area contributed by atoms with Crippen molar-refractivity contribution in [3.05, 3.63) is 48.0 Å². The minimum absolute atomic E-state index is 0.0665. The van der Waals surface area contributed by atoms with Crippen LogP contribution < -0.4 is 14.8 Å². The standard InChI is InChI=1S/C21H21N3O5S/c22-13-15-2-7-18(8-3-15)30(26,27)24(17-5-6-17)14-21(25)23-16-4-9-19-20(12-16)29-11-1-10-28-19/h2-4,7-9,12,17H,1,5-6,10-11,14H2,(H,23,25). The zero-order chi connectivity index (χ0) is 21.1. The van der Waals surface area contributed by atoms with Crippen LogP contribution in [0, 0.1) is 11.3 Å². The number of nitrogens with zero attached hydrogens (tertiary/aromatic N) is 2. The van der Waals surface area contributed by atoms with Crippen LogP contribution in [0.2, 0.25) is 0 Å². The smallest absolute Gasteiger partial charge is 0.243 e. The number of sulfonamides is 1. The average Bonchev–Trinajstić information content (AvgIpc) is 3.59. The van der Waals surface area contributed by atoms with Crippen LogP contribution in [0.15, 0.2) is 47.4 Å². The van der Waals surface area contributed by atoms with Crippen LogP contribution in [0.3, 0.4) is 0 Å². The molecule has 2 aliphatic rings. The first-order valence-electron chi connectivity index (χ1n) is 9.69. The summed E-state index contributed by atoms with van der Waals surface area (Å²) in [6.07, 6.45) is 2.21. The van der Waals surface area contributed by atoms with E-state index >= 15 is 0 Å². The van der Waals surface area contributed by atoms with Crippen LogP contribution in [0.1, 0.15) is 24.8 Å². The molecule has 0 radical (unpaired) electrons. The first kappa shape index (κ1) is 20.2. The van der Waals surface area contributed by atoms with Crippen molar-refractivity contribution in [1.29, 1.82) is 5.26 Å². The maximum Gasteiger partial charge on any atom is 0.243 e. The quantitative estimate of drug-likeness (QED) is 0.759. The number of carbonyl (C=O) groups is 1. The molecule has 8 nitrogen and oxygen atoms in total. The number of nitrogens with one attached hydrogen (secondary N) is 1. The summed E-state index contributed by atoms with van der Waals surface area (Å²) in [7, 11) is -3.85. The van der Waals surface area contributed by atoms with Crippen molar-refractivity contribution in [2.75, 3.05) is 25.1 Å². The highest BCUT2D eigenvalue weighted by molar-refractivity contribution is 7.89. The molecule has 9 heteroatoms. The summed E-state index contributed by atoms with van der Waals surface area (Å²) in [4.78, 5) is 12.7. The van der Waals surface area contributed by atoms with Gasteiger partial charge in [0.05, 0.1) is 36.3 Å². The first-order valence-corrected chi connectivity index (χ1v) is 11.1. The lowest BCUT2D eigenvalue weighted by Crippen LogP contribution is -2.39. The topological polar surface area (TPSA) is 109 Å². The fraction of sp³-hybridized carbons (Fsp3) is 0.333. The fourth-order valence-corrected chi connectivity index (χ4v) is 4.83. The number of amides is 1. The van der Waals surface area contributed by atoms with E-state index in [1.807, 2.05) is 6.07 Å². The summed E-state index contributed by atoms with van der Waals surface area (Å²) in [5.74, 6) is 0.733. The summed E-state index contributed by atoms with van der Waals surface area (Å²) < 4.78 is 38.5. The Kier molecular flexibility index (Phi) is 5.61. The van der Waals surface area contributed by atoms with E-state index in [2.05, 4.69) is 5.32 Å². The molecule has 0 spiro atoms. The van der Waals surface area contributed by atoms with Gasteiger partial charge in [-0.05, 0) is 49.2 Å². The second-order valence-corrected chi connectivity index (χ2v) is 9.07. The van der Waals surface area contributed by atoms with E-state index in [-0.39, 0.29) is 17.5 Å². The van der Waals surface area contributed by atoms with Crippen molar-refractivity contribution in [3.8, 4) is 17.6 Å². The Balaban J connectivity index is 1.49. The third kappa shape index (κ3) is 4.40. The number of rotatable bonds is 6. The van der Waals surface area contributed by atoms with Gasteiger partial charge >= 0.3 is 0 Å². The summed E-state index contributed by atoms with van der Waals surface area (Å²) in [5.41, 5.74) is 0.884. The molecule has 4 rings (SSSR count). The molecule has 2 aromatic carbocycles. The molecule has 0 bridgehead atoms. The molecule has 1 fully saturated rings. The fourth-order valence-electron chi connectivity index (χ4n) is 3.19. The highest BCUT2D eigenvalue weighted by atomic mass is 32.2. The maximum atomic E-state index is 13.1. The van der Waals surface area contributed by atoms with E-state index in [9.17, 15) is 13.2 Å². The second kappa shape index (κ2) is 8.34. The molecule has 1 amide bonds. The zero-order valence-electron chi connectivity index (χ0n) is 16.2. The summed E-state index contributed by atoms with van der Waals surface area (Å²) >= 11 is 0. The van der Waals surface area contributed by atoms with E-state index in [1.54, 1.807) is 18.2 Å². The minimum Gasteiger partial charge on any atom is -0.490 e. The highest BCUT2D eigenvalue weighted by Gasteiger charge is 2.39. The zero-order valence-corrected chi connectivity index (χ0v) is 17.0. The number of nitriles is 1. The molecule has 0 unspecified atom stereocenters. The van der Waals surface area contributed by atoms with Crippen LogP contribution in [-0.2, 0) is 14.8 Å². The van der Waals surface area contributed by atoms with Crippen LogP contribution >= 0.6 is 0 Å². The second-order valence-electron chi connectivity index (χ2n) is 7.18. The Morgan fingerprint density at radius 3 is 2.47 bits per heavy atom. The normalized spacial score (nSPS) is 15.9. The van der Waals surface area contributed by atoms with Crippen LogP contribution in [0.5, 0.6) is 11.5 Å². The van der Waals surface area contributed by atoms with E-state index in [0.29, 0.717) is 48.8 Å². The molecule has 0 saturated heterocycles. The Bertz CT molecular complexity index is 1090. The van der Waals surface area contributed by atoms with E-state index in [0.717, 1.165) is 6.42 Å². The Hall–Kier alpha value is -3.09. The Labute approximate surface area is 175 Å². The molecular weight excluding hydrogens is 406 g/mol. The monoisotopic (exact) mass is 427 g/mol. The molecular formula is C21H21N3O5S. The van der Waals surface area contributed by atoms with Crippen LogP contribution in [0.4, 0.5) is 5.69 Å². The molecule has 2 aromatic rings. The molecule has 30 heavy (non-hydrogen) atoms. The van der Waals surface area contributed by atoms with Gasteiger partial charge in [-0.15, -0.1) is 0 Å². The molecule has 1 N–H and O–H groups in total. The van der Waals surface area contributed by atoms with E-state index < -0.39 is 15.9 Å². The summed E-state index contributed by atoms with van der Waals surface area (Å²) in [5, 5.41) is 11.7. The number of benzene rings is 2. The third-order valence-corrected chi connectivity index (χ3v) is 6.79. The molecule has 1 saturated carbocycles. The lowest BCUT2D eigenvalue weighted by atomic mass is 10.2. The number of hydrogen-bond donors (Lipinski definition) is 1. The van der Waals surface area contributed by atoms with Crippen molar-refractivity contribution in [2.45, 2.75) is 30.2 Å². The number of ether oxygens (including phenoxy) is 2. The summed E-state index contributed by atoms with van der Waals surface area (Å²) in [6, 6.07) is 12.6. The number of fused-ring (bicyclic) bond motifs is 1. The van der Waals surface area contributed by atoms with Gasteiger partial charge in [0.1, 0.15) is 0 Å². The first-order chi connectivity index (χ1) is 14.5. The molecule has 1 aliphatic heterocycles. The van der Waals surface area contributed by atoms with Gasteiger partial charge in [0.2, 0.25) is 15.9 Å². The van der Waals surface area contributed by atoms with E-state index in [4.69, 9.17) is 14.7 Å². The SMILES string of the molecule is N#Cc1ccc(S(=O)(=O)N(CC(=O)Nc2ccc3c(c2)OCCCO3)C2CC2)cc1. The van der Waals surface area contributed by atoms with Gasteiger partial charge in [0.25, 0.3) is 0 Å². The Morgan fingerprint density at radius 1 is 1.10 bits per heavy atom.